The molecule has 1 fully saturated rings. The summed E-state index contributed by atoms with van der Waals surface area (Å²) in [7, 11) is 1.55. The minimum atomic E-state index is -0.803. The third-order valence-electron chi connectivity index (χ3n) is 5.76. The SMILES string of the molecule is COc1ccc2nc(N3CCC(Cc4ccccc4)(C(=O)O)CC3)[nH]c(=O)c2c1. The highest BCUT2D eigenvalue weighted by atomic mass is 16.5. The van der Waals surface area contributed by atoms with Crippen molar-refractivity contribution in [3.05, 3.63) is 64.4 Å². The molecule has 0 unspecified atom stereocenters. The fraction of sp³-hybridized carbons (Fsp3) is 0.318. The lowest BCUT2D eigenvalue weighted by atomic mass is 9.74. The molecule has 1 saturated heterocycles. The third-order valence-corrected chi connectivity index (χ3v) is 5.76. The van der Waals surface area contributed by atoms with Crippen molar-refractivity contribution in [3.63, 3.8) is 0 Å². The molecule has 0 saturated carbocycles. The molecule has 2 heterocycles. The van der Waals surface area contributed by atoms with E-state index in [4.69, 9.17) is 4.74 Å². The van der Waals surface area contributed by atoms with Crippen molar-refractivity contribution in [1.82, 2.24) is 9.97 Å². The largest absolute Gasteiger partial charge is 0.497 e. The van der Waals surface area contributed by atoms with Crippen LogP contribution in [0, 0.1) is 5.41 Å². The van der Waals surface area contributed by atoms with Gasteiger partial charge in [-0.3, -0.25) is 14.6 Å². The highest BCUT2D eigenvalue weighted by molar-refractivity contribution is 5.80. The van der Waals surface area contributed by atoms with Gasteiger partial charge in [-0.25, -0.2) is 4.98 Å². The van der Waals surface area contributed by atoms with Gasteiger partial charge in [0.2, 0.25) is 5.95 Å². The van der Waals surface area contributed by atoms with E-state index < -0.39 is 11.4 Å². The highest BCUT2D eigenvalue weighted by Gasteiger charge is 2.42. The van der Waals surface area contributed by atoms with Gasteiger partial charge in [0.25, 0.3) is 5.56 Å². The van der Waals surface area contributed by atoms with E-state index in [1.54, 1.807) is 25.3 Å². The number of nitrogens with zero attached hydrogens (tertiary/aromatic N) is 2. The van der Waals surface area contributed by atoms with Gasteiger partial charge in [0, 0.05) is 13.1 Å². The van der Waals surface area contributed by atoms with Crippen molar-refractivity contribution >= 4 is 22.8 Å². The van der Waals surface area contributed by atoms with Crippen LogP contribution in [0.4, 0.5) is 5.95 Å². The summed E-state index contributed by atoms with van der Waals surface area (Å²) in [5.41, 5.74) is 0.573. The lowest BCUT2D eigenvalue weighted by Gasteiger charge is -2.39. The monoisotopic (exact) mass is 393 g/mol. The van der Waals surface area contributed by atoms with Crippen LogP contribution >= 0.6 is 0 Å². The minimum Gasteiger partial charge on any atom is -0.497 e. The van der Waals surface area contributed by atoms with E-state index in [0.29, 0.717) is 55.0 Å². The van der Waals surface area contributed by atoms with Gasteiger partial charge >= 0.3 is 5.97 Å². The molecule has 150 valence electrons. The smallest absolute Gasteiger partial charge is 0.310 e. The Balaban J connectivity index is 1.57. The van der Waals surface area contributed by atoms with Crippen molar-refractivity contribution < 1.29 is 14.6 Å². The Labute approximate surface area is 168 Å². The predicted octanol–water partition coefficient (Wildman–Crippen LogP) is 2.85. The molecule has 7 heteroatoms. The zero-order chi connectivity index (χ0) is 20.4. The number of ether oxygens (including phenoxy) is 1. The summed E-state index contributed by atoms with van der Waals surface area (Å²) in [4.78, 5) is 34.0. The second kappa shape index (κ2) is 7.58. The van der Waals surface area contributed by atoms with E-state index in [0.717, 1.165) is 5.56 Å². The third kappa shape index (κ3) is 3.68. The molecule has 0 atom stereocenters. The Morgan fingerprint density at radius 3 is 2.59 bits per heavy atom. The Morgan fingerprint density at radius 2 is 1.93 bits per heavy atom. The molecule has 2 N–H and O–H groups in total. The normalized spacial score (nSPS) is 16.0. The maximum atomic E-state index is 12.5. The van der Waals surface area contributed by atoms with Crippen LogP contribution in [-0.4, -0.2) is 41.2 Å². The zero-order valence-electron chi connectivity index (χ0n) is 16.2. The number of aromatic nitrogens is 2. The maximum Gasteiger partial charge on any atom is 0.310 e. The second-order valence-corrected chi connectivity index (χ2v) is 7.51. The zero-order valence-corrected chi connectivity index (χ0v) is 16.2. The Kier molecular flexibility index (Phi) is 4.96. The van der Waals surface area contributed by atoms with Crippen LogP contribution in [0.25, 0.3) is 10.9 Å². The molecule has 0 radical (unpaired) electrons. The first-order valence-corrected chi connectivity index (χ1v) is 9.61. The topological polar surface area (TPSA) is 95.5 Å². The molecule has 29 heavy (non-hydrogen) atoms. The lowest BCUT2D eigenvalue weighted by molar-refractivity contribution is -0.150. The van der Waals surface area contributed by atoms with Crippen molar-refractivity contribution in [3.8, 4) is 5.75 Å². The molecular weight excluding hydrogens is 370 g/mol. The van der Waals surface area contributed by atoms with Crippen LogP contribution in [0.5, 0.6) is 5.75 Å². The van der Waals surface area contributed by atoms with Crippen LogP contribution in [0.2, 0.25) is 0 Å². The predicted molar refractivity (Wildman–Crippen MR) is 111 cm³/mol. The minimum absolute atomic E-state index is 0.233. The Hall–Kier alpha value is -3.35. The van der Waals surface area contributed by atoms with Gasteiger partial charge in [-0.05, 0) is 43.0 Å². The number of piperidine rings is 1. The molecule has 2 aromatic carbocycles. The van der Waals surface area contributed by atoms with Crippen LogP contribution in [-0.2, 0) is 11.2 Å². The molecule has 0 amide bonds. The number of methoxy groups -OCH3 is 1. The average molecular weight is 393 g/mol. The summed E-state index contributed by atoms with van der Waals surface area (Å²) in [6.07, 6.45) is 1.47. The number of aliphatic carboxylic acids is 1. The number of carboxylic acids is 1. The number of fused-ring (bicyclic) bond motifs is 1. The van der Waals surface area contributed by atoms with Crippen molar-refractivity contribution in [1.29, 1.82) is 0 Å². The highest BCUT2D eigenvalue weighted by Crippen LogP contribution is 2.36. The first kappa shape index (κ1) is 19.0. The molecule has 0 bridgehead atoms. The summed E-state index contributed by atoms with van der Waals surface area (Å²) in [6, 6.07) is 14.9. The molecule has 7 nitrogen and oxygen atoms in total. The van der Waals surface area contributed by atoms with E-state index in [9.17, 15) is 14.7 Å². The lowest BCUT2D eigenvalue weighted by Crippen LogP contribution is -2.46. The van der Waals surface area contributed by atoms with Gasteiger partial charge in [-0.15, -0.1) is 0 Å². The van der Waals surface area contributed by atoms with Gasteiger partial charge in [0.05, 0.1) is 23.4 Å². The molecular formula is C22H23N3O4. The standard InChI is InChI=1S/C22H23N3O4/c1-29-16-7-8-18-17(13-16)19(26)24-21(23-18)25-11-9-22(10-12-25,20(27)28)14-15-5-3-2-4-6-15/h2-8,13H,9-12,14H2,1H3,(H,27,28)(H,23,24,26). The average Bonchev–Trinajstić information content (AvgIpc) is 2.74. The fourth-order valence-electron chi connectivity index (χ4n) is 3.98. The number of carboxylic acid groups (broad SMARTS) is 1. The summed E-state index contributed by atoms with van der Waals surface area (Å²) in [5, 5.41) is 10.4. The van der Waals surface area contributed by atoms with Gasteiger partial charge in [0.15, 0.2) is 0 Å². The summed E-state index contributed by atoms with van der Waals surface area (Å²) in [6.45, 7) is 1.04. The number of hydrogen-bond donors (Lipinski definition) is 2. The molecule has 0 aliphatic carbocycles. The molecule has 1 aromatic heterocycles. The molecule has 1 aliphatic heterocycles. The number of anilines is 1. The van der Waals surface area contributed by atoms with Gasteiger partial charge in [-0.2, -0.15) is 0 Å². The van der Waals surface area contributed by atoms with Crippen LogP contribution in [0.1, 0.15) is 18.4 Å². The molecule has 0 spiro atoms. The number of nitrogens with one attached hydrogen (secondary N) is 1. The second-order valence-electron chi connectivity index (χ2n) is 7.51. The van der Waals surface area contributed by atoms with Crippen molar-refractivity contribution in [2.75, 3.05) is 25.1 Å². The van der Waals surface area contributed by atoms with E-state index in [1.807, 2.05) is 35.2 Å². The maximum absolute atomic E-state index is 12.5. The first-order chi connectivity index (χ1) is 14.0. The fourth-order valence-corrected chi connectivity index (χ4v) is 3.98. The summed E-state index contributed by atoms with van der Waals surface area (Å²) >= 11 is 0. The summed E-state index contributed by atoms with van der Waals surface area (Å²) < 4.78 is 5.17. The summed E-state index contributed by atoms with van der Waals surface area (Å²) in [5.74, 6) is 0.308. The number of hydrogen-bond acceptors (Lipinski definition) is 5. The van der Waals surface area contributed by atoms with E-state index >= 15 is 0 Å². The molecule has 3 aromatic rings. The Bertz CT molecular complexity index is 1090. The van der Waals surface area contributed by atoms with Crippen molar-refractivity contribution in [2.24, 2.45) is 5.41 Å². The van der Waals surface area contributed by atoms with E-state index in [1.165, 1.54) is 0 Å². The van der Waals surface area contributed by atoms with Crippen LogP contribution < -0.4 is 15.2 Å². The first-order valence-electron chi connectivity index (χ1n) is 9.61. The number of aromatic amines is 1. The Morgan fingerprint density at radius 1 is 1.21 bits per heavy atom. The van der Waals surface area contributed by atoms with Gasteiger partial charge in [0.1, 0.15) is 5.75 Å². The van der Waals surface area contributed by atoms with Crippen molar-refractivity contribution in [2.45, 2.75) is 19.3 Å². The number of H-pyrrole nitrogens is 1. The number of rotatable bonds is 5. The van der Waals surface area contributed by atoms with Crippen LogP contribution in [0.15, 0.2) is 53.3 Å². The van der Waals surface area contributed by atoms with Crippen LogP contribution in [0.3, 0.4) is 0 Å². The quantitative estimate of drug-likeness (QED) is 0.692. The van der Waals surface area contributed by atoms with Gasteiger partial charge < -0.3 is 14.7 Å². The van der Waals surface area contributed by atoms with E-state index in [-0.39, 0.29) is 5.56 Å². The molecule has 1 aliphatic rings. The molecule has 4 rings (SSSR count). The van der Waals surface area contributed by atoms with Gasteiger partial charge in [-0.1, -0.05) is 30.3 Å². The number of benzene rings is 2. The van der Waals surface area contributed by atoms with E-state index in [2.05, 4.69) is 9.97 Å². The number of carbonyl (C=O) groups is 1.